The maximum Gasteiger partial charge on any atom is 0.230 e. The molecule has 0 spiro atoms. The average molecular weight is 246 g/mol. The van der Waals surface area contributed by atoms with Gasteiger partial charge in [0.05, 0.1) is 5.92 Å². The van der Waals surface area contributed by atoms with E-state index in [-0.39, 0.29) is 11.8 Å². The predicted octanol–water partition coefficient (Wildman–Crippen LogP) is 2.00. The van der Waals surface area contributed by atoms with Crippen LogP contribution in [-0.4, -0.2) is 37.0 Å². The number of hydrogen-bond donors (Lipinski definition) is 1. The second kappa shape index (κ2) is 6.01. The van der Waals surface area contributed by atoms with Crippen molar-refractivity contribution >= 4 is 5.91 Å². The number of rotatable bonds is 4. The van der Waals surface area contributed by atoms with Crippen LogP contribution in [0.4, 0.5) is 0 Å². The summed E-state index contributed by atoms with van der Waals surface area (Å²) in [5.74, 6) is 0.295. The van der Waals surface area contributed by atoms with Gasteiger partial charge < -0.3 is 10.2 Å². The van der Waals surface area contributed by atoms with Crippen LogP contribution in [0.2, 0.25) is 0 Å². The van der Waals surface area contributed by atoms with Crippen LogP contribution in [0.1, 0.15) is 31.2 Å². The maximum absolute atomic E-state index is 12.5. The van der Waals surface area contributed by atoms with Gasteiger partial charge in [-0.3, -0.25) is 4.79 Å². The highest BCUT2D eigenvalue weighted by Gasteiger charge is 2.29. The Morgan fingerprint density at radius 1 is 1.44 bits per heavy atom. The number of carbonyl (C=O) groups excluding carboxylic acids is 1. The molecule has 1 aliphatic heterocycles. The van der Waals surface area contributed by atoms with Crippen LogP contribution in [0.3, 0.4) is 0 Å². The quantitative estimate of drug-likeness (QED) is 0.881. The zero-order valence-corrected chi connectivity index (χ0v) is 11.2. The molecule has 0 aliphatic carbocycles. The van der Waals surface area contributed by atoms with E-state index in [1.807, 2.05) is 30.1 Å². The first-order valence-corrected chi connectivity index (χ1v) is 6.77. The van der Waals surface area contributed by atoms with Crippen molar-refractivity contribution in [2.45, 2.75) is 31.7 Å². The van der Waals surface area contributed by atoms with Gasteiger partial charge in [0.2, 0.25) is 5.91 Å². The highest BCUT2D eigenvalue weighted by Crippen LogP contribution is 2.24. The molecule has 0 aromatic heterocycles. The van der Waals surface area contributed by atoms with Gasteiger partial charge in [0.25, 0.3) is 0 Å². The highest BCUT2D eigenvalue weighted by atomic mass is 16.2. The summed E-state index contributed by atoms with van der Waals surface area (Å²) in [5.41, 5.74) is 1.14. The molecule has 98 valence electrons. The van der Waals surface area contributed by atoms with Crippen LogP contribution < -0.4 is 5.32 Å². The van der Waals surface area contributed by atoms with Crippen LogP contribution in [0.15, 0.2) is 30.3 Å². The minimum atomic E-state index is 0.0156. The Bertz CT molecular complexity index is 391. The number of carbonyl (C=O) groups is 1. The number of hydrogen-bond acceptors (Lipinski definition) is 2. The Labute approximate surface area is 109 Å². The Hall–Kier alpha value is -1.35. The minimum absolute atomic E-state index is 0.0156. The van der Waals surface area contributed by atoms with Crippen molar-refractivity contribution in [3.8, 4) is 0 Å². The van der Waals surface area contributed by atoms with E-state index in [2.05, 4.69) is 24.4 Å². The molecular weight excluding hydrogens is 224 g/mol. The van der Waals surface area contributed by atoms with Gasteiger partial charge in [-0.15, -0.1) is 0 Å². The fourth-order valence-electron chi connectivity index (χ4n) is 2.65. The summed E-state index contributed by atoms with van der Waals surface area (Å²) in [6.45, 7) is 3.81. The third-order valence-electron chi connectivity index (χ3n) is 3.82. The van der Waals surface area contributed by atoms with E-state index >= 15 is 0 Å². The number of amides is 1. The lowest BCUT2D eigenvalue weighted by atomic mass is 9.95. The van der Waals surface area contributed by atoms with Crippen molar-refractivity contribution in [2.24, 2.45) is 0 Å². The Kier molecular flexibility index (Phi) is 4.37. The molecule has 3 nitrogen and oxygen atoms in total. The van der Waals surface area contributed by atoms with Gasteiger partial charge >= 0.3 is 0 Å². The highest BCUT2D eigenvalue weighted by molar-refractivity contribution is 5.84. The summed E-state index contributed by atoms with van der Waals surface area (Å²) in [6.07, 6.45) is 1.93. The molecule has 1 aliphatic rings. The summed E-state index contributed by atoms with van der Waals surface area (Å²) in [7, 11) is 1.97. The monoisotopic (exact) mass is 246 g/mol. The Morgan fingerprint density at radius 3 is 2.72 bits per heavy atom. The molecule has 1 fully saturated rings. The number of nitrogens with zero attached hydrogens (tertiary/aromatic N) is 1. The molecule has 2 atom stereocenters. The summed E-state index contributed by atoms with van der Waals surface area (Å²) in [4.78, 5) is 14.5. The topological polar surface area (TPSA) is 32.3 Å². The van der Waals surface area contributed by atoms with E-state index in [0.717, 1.165) is 31.5 Å². The van der Waals surface area contributed by atoms with Crippen molar-refractivity contribution < 1.29 is 4.79 Å². The van der Waals surface area contributed by atoms with Gasteiger partial charge in [-0.05, 0) is 25.5 Å². The molecule has 2 rings (SSSR count). The van der Waals surface area contributed by atoms with Crippen molar-refractivity contribution in [2.75, 3.05) is 20.1 Å². The van der Waals surface area contributed by atoms with Crippen LogP contribution >= 0.6 is 0 Å². The Balaban J connectivity index is 2.07. The lowest BCUT2D eigenvalue weighted by Gasteiger charge is -2.23. The van der Waals surface area contributed by atoms with E-state index in [1.165, 1.54) is 0 Å². The SMILES string of the molecule is CCC(C(=O)N1CCC(NC)C1)c1ccccc1. The van der Waals surface area contributed by atoms with E-state index in [9.17, 15) is 4.79 Å². The minimum Gasteiger partial charge on any atom is -0.341 e. The van der Waals surface area contributed by atoms with Crippen molar-refractivity contribution in [1.29, 1.82) is 0 Å². The fraction of sp³-hybridized carbons (Fsp3) is 0.533. The molecule has 1 aromatic carbocycles. The van der Waals surface area contributed by atoms with Gasteiger partial charge in [0, 0.05) is 19.1 Å². The predicted molar refractivity (Wildman–Crippen MR) is 73.5 cm³/mol. The normalized spacial score (nSPS) is 21.0. The lowest BCUT2D eigenvalue weighted by molar-refractivity contribution is -0.131. The molecule has 1 heterocycles. The smallest absolute Gasteiger partial charge is 0.230 e. The summed E-state index contributed by atoms with van der Waals surface area (Å²) in [6, 6.07) is 10.6. The number of benzene rings is 1. The van der Waals surface area contributed by atoms with Crippen molar-refractivity contribution in [3.05, 3.63) is 35.9 Å². The Morgan fingerprint density at radius 2 is 2.17 bits per heavy atom. The van der Waals surface area contributed by atoms with Gasteiger partial charge in [0.1, 0.15) is 0 Å². The standard InChI is InChI=1S/C15H22N2O/c1-3-14(12-7-5-4-6-8-12)15(18)17-10-9-13(11-17)16-2/h4-8,13-14,16H,3,9-11H2,1-2H3. The molecule has 1 amide bonds. The first-order valence-electron chi connectivity index (χ1n) is 6.77. The van der Waals surface area contributed by atoms with Gasteiger partial charge in [-0.25, -0.2) is 0 Å². The number of likely N-dealkylation sites (N-methyl/N-ethyl adjacent to an activating group) is 1. The van der Waals surface area contributed by atoms with E-state index in [1.54, 1.807) is 0 Å². The second-order valence-corrected chi connectivity index (χ2v) is 4.93. The maximum atomic E-state index is 12.5. The van der Waals surface area contributed by atoms with E-state index < -0.39 is 0 Å². The molecule has 2 unspecified atom stereocenters. The zero-order chi connectivity index (χ0) is 13.0. The lowest BCUT2D eigenvalue weighted by Crippen LogP contribution is -2.36. The van der Waals surface area contributed by atoms with Crippen LogP contribution in [-0.2, 0) is 4.79 Å². The third-order valence-corrected chi connectivity index (χ3v) is 3.82. The molecule has 0 bridgehead atoms. The van der Waals surface area contributed by atoms with Crippen molar-refractivity contribution in [3.63, 3.8) is 0 Å². The van der Waals surface area contributed by atoms with Crippen LogP contribution in [0, 0.1) is 0 Å². The van der Waals surface area contributed by atoms with Crippen molar-refractivity contribution in [1.82, 2.24) is 10.2 Å². The molecule has 1 aromatic rings. The van der Waals surface area contributed by atoms with E-state index in [0.29, 0.717) is 6.04 Å². The largest absolute Gasteiger partial charge is 0.341 e. The number of likely N-dealkylation sites (tertiary alicyclic amines) is 1. The number of nitrogens with one attached hydrogen (secondary N) is 1. The molecule has 0 saturated carbocycles. The molecule has 18 heavy (non-hydrogen) atoms. The summed E-state index contributed by atoms with van der Waals surface area (Å²) < 4.78 is 0. The first-order chi connectivity index (χ1) is 8.76. The first kappa shape index (κ1) is 13.1. The molecule has 1 N–H and O–H groups in total. The zero-order valence-electron chi connectivity index (χ0n) is 11.2. The average Bonchev–Trinajstić information content (AvgIpc) is 2.89. The molecular formula is C15H22N2O. The van der Waals surface area contributed by atoms with Gasteiger partial charge in [0.15, 0.2) is 0 Å². The van der Waals surface area contributed by atoms with Gasteiger partial charge in [-0.1, -0.05) is 37.3 Å². The van der Waals surface area contributed by atoms with Crippen LogP contribution in [0.25, 0.3) is 0 Å². The molecule has 3 heteroatoms. The summed E-state index contributed by atoms with van der Waals surface area (Å²) >= 11 is 0. The van der Waals surface area contributed by atoms with E-state index in [4.69, 9.17) is 0 Å². The van der Waals surface area contributed by atoms with Gasteiger partial charge in [-0.2, -0.15) is 0 Å². The van der Waals surface area contributed by atoms with Crippen LogP contribution in [0.5, 0.6) is 0 Å². The molecule has 1 saturated heterocycles. The summed E-state index contributed by atoms with van der Waals surface area (Å²) in [5, 5.41) is 3.25. The second-order valence-electron chi connectivity index (χ2n) is 4.93. The third kappa shape index (κ3) is 2.72. The fourth-order valence-corrected chi connectivity index (χ4v) is 2.65. The molecule has 0 radical (unpaired) electrons.